The lowest BCUT2D eigenvalue weighted by Gasteiger charge is -2.09. The molecule has 7 nitrogen and oxygen atoms in total. The first-order chi connectivity index (χ1) is 14.1. The third-order valence-corrected chi connectivity index (χ3v) is 5.43. The van der Waals surface area contributed by atoms with Crippen LogP contribution in [0.25, 0.3) is 21.3 Å². The first-order valence-electron chi connectivity index (χ1n) is 9.61. The van der Waals surface area contributed by atoms with Crippen molar-refractivity contribution in [3.8, 4) is 11.1 Å². The van der Waals surface area contributed by atoms with Crippen molar-refractivity contribution in [3.05, 3.63) is 41.5 Å². The average Bonchev–Trinajstić information content (AvgIpc) is 3.05. The number of nitrogens with one attached hydrogen (secondary N) is 3. The fraction of sp³-hybridized carbons (Fsp3) is 0.333. The van der Waals surface area contributed by atoms with Gasteiger partial charge in [0.25, 0.3) is 0 Å². The number of amides is 2. The minimum Gasteiger partial charge on any atom is -0.369 e. The van der Waals surface area contributed by atoms with Gasteiger partial charge in [0.15, 0.2) is 0 Å². The molecule has 152 valence electrons. The van der Waals surface area contributed by atoms with E-state index in [1.807, 2.05) is 18.2 Å². The van der Waals surface area contributed by atoms with Crippen LogP contribution >= 0.6 is 11.3 Å². The average molecular weight is 412 g/mol. The fourth-order valence-electron chi connectivity index (χ4n) is 3.12. The van der Waals surface area contributed by atoms with E-state index in [9.17, 15) is 9.59 Å². The molecule has 2 aromatic heterocycles. The number of carbonyl (C=O) groups is 2. The molecule has 0 radical (unpaired) electrons. The number of anilines is 1. The van der Waals surface area contributed by atoms with Crippen molar-refractivity contribution in [1.29, 1.82) is 0 Å². The molecule has 29 heavy (non-hydrogen) atoms. The Morgan fingerprint density at radius 3 is 2.55 bits per heavy atom. The van der Waals surface area contributed by atoms with Crippen molar-refractivity contribution in [3.63, 3.8) is 0 Å². The van der Waals surface area contributed by atoms with Crippen molar-refractivity contribution in [2.75, 3.05) is 25.0 Å². The molecule has 1 aromatic carbocycles. The maximum absolute atomic E-state index is 11.9. The number of aryl methyl sites for hydroxylation is 1. The van der Waals surface area contributed by atoms with E-state index in [4.69, 9.17) is 0 Å². The first kappa shape index (κ1) is 20.7. The van der Waals surface area contributed by atoms with E-state index in [-0.39, 0.29) is 11.8 Å². The standard InChI is InChI=1S/C21H25N5O2S/c1-14-18(16-7-4-3-5-8-16)19-20(25-13-26-21(19)29-14)24-10-6-9-17(28)23-12-11-22-15(2)27/h3-5,7-8,13H,6,9-12H2,1-2H3,(H,22,27)(H,23,28)(H,24,25,26). The van der Waals surface area contributed by atoms with Crippen LogP contribution in [-0.4, -0.2) is 41.4 Å². The van der Waals surface area contributed by atoms with Crippen LogP contribution in [-0.2, 0) is 9.59 Å². The molecule has 8 heteroatoms. The Morgan fingerprint density at radius 2 is 1.79 bits per heavy atom. The van der Waals surface area contributed by atoms with Crippen LogP contribution in [0.4, 0.5) is 5.82 Å². The zero-order valence-electron chi connectivity index (χ0n) is 16.6. The van der Waals surface area contributed by atoms with Crippen molar-refractivity contribution >= 4 is 39.2 Å². The van der Waals surface area contributed by atoms with Gasteiger partial charge < -0.3 is 16.0 Å². The lowest BCUT2D eigenvalue weighted by molar-refractivity contribution is -0.122. The Kier molecular flexibility index (Phi) is 7.13. The lowest BCUT2D eigenvalue weighted by Crippen LogP contribution is -2.33. The van der Waals surface area contributed by atoms with Gasteiger partial charge in [0, 0.05) is 43.4 Å². The predicted molar refractivity (Wildman–Crippen MR) is 117 cm³/mol. The second-order valence-corrected chi connectivity index (χ2v) is 7.87. The highest BCUT2D eigenvalue weighted by molar-refractivity contribution is 7.19. The summed E-state index contributed by atoms with van der Waals surface area (Å²) >= 11 is 1.66. The molecule has 0 fully saturated rings. The Bertz CT molecular complexity index is 987. The molecule has 0 saturated heterocycles. The maximum atomic E-state index is 11.9. The highest BCUT2D eigenvalue weighted by Gasteiger charge is 2.16. The number of hydrogen-bond acceptors (Lipinski definition) is 6. The molecule has 0 aliphatic rings. The van der Waals surface area contributed by atoms with Crippen LogP contribution in [0.15, 0.2) is 36.7 Å². The third-order valence-electron chi connectivity index (χ3n) is 4.42. The SMILES string of the molecule is CC(=O)NCCNC(=O)CCCNc1ncnc2sc(C)c(-c3ccccc3)c12. The summed E-state index contributed by atoms with van der Waals surface area (Å²) in [7, 11) is 0. The van der Waals surface area contributed by atoms with Crippen LogP contribution in [0.3, 0.4) is 0 Å². The van der Waals surface area contributed by atoms with Crippen molar-refractivity contribution in [1.82, 2.24) is 20.6 Å². The molecule has 2 heterocycles. The van der Waals surface area contributed by atoms with Gasteiger partial charge in [-0.25, -0.2) is 9.97 Å². The zero-order valence-corrected chi connectivity index (χ0v) is 17.4. The van der Waals surface area contributed by atoms with E-state index >= 15 is 0 Å². The van der Waals surface area contributed by atoms with E-state index < -0.39 is 0 Å². The number of aromatic nitrogens is 2. The summed E-state index contributed by atoms with van der Waals surface area (Å²) < 4.78 is 0. The molecule has 0 aliphatic heterocycles. The number of rotatable bonds is 9. The third kappa shape index (κ3) is 5.51. The number of hydrogen-bond donors (Lipinski definition) is 3. The molecule has 3 aromatic rings. The Labute approximate surface area is 174 Å². The number of nitrogens with zero attached hydrogens (tertiary/aromatic N) is 2. The summed E-state index contributed by atoms with van der Waals surface area (Å²) in [5.74, 6) is 0.670. The number of fused-ring (bicyclic) bond motifs is 1. The maximum Gasteiger partial charge on any atom is 0.220 e. The van der Waals surface area contributed by atoms with Gasteiger partial charge in [-0.3, -0.25) is 9.59 Å². The number of benzene rings is 1. The van der Waals surface area contributed by atoms with Gasteiger partial charge in [0.1, 0.15) is 17.0 Å². The fourth-order valence-corrected chi connectivity index (χ4v) is 4.13. The lowest BCUT2D eigenvalue weighted by atomic mass is 10.0. The van der Waals surface area contributed by atoms with Crippen molar-refractivity contribution < 1.29 is 9.59 Å². The molecule has 0 spiro atoms. The Hall–Kier alpha value is -3.00. The van der Waals surface area contributed by atoms with Gasteiger partial charge in [-0.1, -0.05) is 30.3 Å². The second kappa shape index (κ2) is 9.97. The van der Waals surface area contributed by atoms with E-state index in [0.717, 1.165) is 27.2 Å². The number of carbonyl (C=O) groups excluding carboxylic acids is 2. The largest absolute Gasteiger partial charge is 0.369 e. The summed E-state index contributed by atoms with van der Waals surface area (Å²) in [6.07, 6.45) is 2.67. The minimum atomic E-state index is -0.0989. The predicted octanol–water partition coefficient (Wildman–Crippen LogP) is 3.11. The van der Waals surface area contributed by atoms with Gasteiger partial charge in [-0.05, 0) is 18.9 Å². The van der Waals surface area contributed by atoms with E-state index in [2.05, 4.69) is 45.0 Å². The summed E-state index contributed by atoms with van der Waals surface area (Å²) in [6.45, 7) is 5.07. The Balaban J connectivity index is 1.60. The summed E-state index contributed by atoms with van der Waals surface area (Å²) in [6, 6.07) is 10.2. The second-order valence-electron chi connectivity index (χ2n) is 6.66. The van der Waals surface area contributed by atoms with Gasteiger partial charge in [-0.2, -0.15) is 0 Å². The Morgan fingerprint density at radius 1 is 1.03 bits per heavy atom. The molecule has 0 aliphatic carbocycles. The molecule has 3 N–H and O–H groups in total. The van der Waals surface area contributed by atoms with Gasteiger partial charge in [0.05, 0.1) is 5.39 Å². The van der Waals surface area contributed by atoms with Gasteiger partial charge in [0.2, 0.25) is 11.8 Å². The van der Waals surface area contributed by atoms with Crippen LogP contribution in [0.5, 0.6) is 0 Å². The highest BCUT2D eigenvalue weighted by Crippen LogP contribution is 2.40. The minimum absolute atomic E-state index is 0.0265. The zero-order chi connectivity index (χ0) is 20.6. The number of thiophene rings is 1. The van der Waals surface area contributed by atoms with E-state index in [1.54, 1.807) is 17.7 Å². The molecule has 3 rings (SSSR count). The highest BCUT2D eigenvalue weighted by atomic mass is 32.1. The summed E-state index contributed by atoms with van der Waals surface area (Å²) in [5.41, 5.74) is 2.30. The molecular formula is C21H25N5O2S. The molecule has 0 saturated carbocycles. The molecule has 2 amide bonds. The van der Waals surface area contributed by atoms with Crippen LogP contribution in [0.1, 0.15) is 24.6 Å². The molecular weight excluding hydrogens is 386 g/mol. The van der Waals surface area contributed by atoms with Crippen LogP contribution in [0, 0.1) is 6.92 Å². The summed E-state index contributed by atoms with van der Waals surface area (Å²) in [5, 5.41) is 9.84. The molecule has 0 bridgehead atoms. The van der Waals surface area contributed by atoms with Crippen LogP contribution in [0.2, 0.25) is 0 Å². The molecule has 0 atom stereocenters. The van der Waals surface area contributed by atoms with Gasteiger partial charge in [-0.15, -0.1) is 11.3 Å². The molecule has 0 unspecified atom stereocenters. The van der Waals surface area contributed by atoms with E-state index in [1.165, 1.54) is 11.8 Å². The van der Waals surface area contributed by atoms with E-state index in [0.29, 0.717) is 32.5 Å². The van der Waals surface area contributed by atoms with Gasteiger partial charge >= 0.3 is 0 Å². The van der Waals surface area contributed by atoms with Crippen molar-refractivity contribution in [2.45, 2.75) is 26.7 Å². The monoisotopic (exact) mass is 411 g/mol. The smallest absolute Gasteiger partial charge is 0.220 e. The van der Waals surface area contributed by atoms with Crippen LogP contribution < -0.4 is 16.0 Å². The summed E-state index contributed by atoms with van der Waals surface area (Å²) in [4.78, 5) is 33.7. The quantitative estimate of drug-likeness (QED) is 0.470. The van der Waals surface area contributed by atoms with Crippen molar-refractivity contribution in [2.24, 2.45) is 0 Å². The topological polar surface area (TPSA) is 96.0 Å². The normalized spacial score (nSPS) is 10.7. The first-order valence-corrected chi connectivity index (χ1v) is 10.4.